The zero-order chi connectivity index (χ0) is 15.8. The van der Waals surface area contributed by atoms with Crippen LogP contribution in [0.25, 0.3) is 6.08 Å². The van der Waals surface area contributed by atoms with Crippen LogP contribution in [0.3, 0.4) is 0 Å². The predicted molar refractivity (Wildman–Crippen MR) is 85.1 cm³/mol. The van der Waals surface area contributed by atoms with Gasteiger partial charge in [-0.2, -0.15) is 0 Å². The summed E-state index contributed by atoms with van der Waals surface area (Å²) in [6.45, 7) is 2.81. The van der Waals surface area contributed by atoms with Crippen molar-refractivity contribution in [1.29, 1.82) is 0 Å². The lowest BCUT2D eigenvalue weighted by Crippen LogP contribution is -2.26. The second kappa shape index (κ2) is 7.98. The fourth-order valence-corrected chi connectivity index (χ4v) is 1.85. The molecule has 114 valence electrons. The summed E-state index contributed by atoms with van der Waals surface area (Å²) >= 11 is 0. The molecule has 0 aliphatic rings. The summed E-state index contributed by atoms with van der Waals surface area (Å²) < 4.78 is 18.3. The van der Waals surface area contributed by atoms with E-state index in [1.807, 2.05) is 31.2 Å². The number of hydrogen-bond acceptors (Lipinski definition) is 2. The Morgan fingerprint density at radius 2 is 2.00 bits per heavy atom. The van der Waals surface area contributed by atoms with Gasteiger partial charge in [-0.25, -0.2) is 4.39 Å². The Morgan fingerprint density at radius 1 is 1.23 bits per heavy atom. The van der Waals surface area contributed by atoms with Gasteiger partial charge in [-0.1, -0.05) is 24.3 Å². The monoisotopic (exact) mass is 299 g/mol. The Morgan fingerprint density at radius 3 is 2.73 bits per heavy atom. The van der Waals surface area contributed by atoms with Gasteiger partial charge in [0, 0.05) is 6.08 Å². The molecule has 0 radical (unpaired) electrons. The third kappa shape index (κ3) is 5.40. The van der Waals surface area contributed by atoms with E-state index in [9.17, 15) is 9.18 Å². The first-order chi connectivity index (χ1) is 10.6. The molecular formula is C18H18FNO2. The van der Waals surface area contributed by atoms with Crippen LogP contribution in [0.1, 0.15) is 11.1 Å². The number of ether oxygens (including phenoxy) is 1. The first kappa shape index (κ1) is 15.8. The molecule has 0 spiro atoms. The number of amides is 1. The molecule has 0 fully saturated rings. The molecule has 0 bridgehead atoms. The van der Waals surface area contributed by atoms with E-state index in [2.05, 4.69) is 5.32 Å². The molecule has 0 atom stereocenters. The summed E-state index contributed by atoms with van der Waals surface area (Å²) in [6.07, 6.45) is 3.05. The van der Waals surface area contributed by atoms with E-state index in [4.69, 9.17) is 4.74 Å². The lowest BCUT2D eigenvalue weighted by Gasteiger charge is -2.07. The van der Waals surface area contributed by atoms with Crippen molar-refractivity contribution in [3.8, 4) is 5.75 Å². The van der Waals surface area contributed by atoms with Gasteiger partial charge in [-0.05, 0) is 48.4 Å². The minimum Gasteiger partial charge on any atom is -0.492 e. The van der Waals surface area contributed by atoms with E-state index < -0.39 is 0 Å². The summed E-state index contributed by atoms with van der Waals surface area (Å²) in [7, 11) is 0. The summed E-state index contributed by atoms with van der Waals surface area (Å²) in [4.78, 5) is 11.6. The Labute approximate surface area is 129 Å². The molecule has 0 saturated heterocycles. The van der Waals surface area contributed by atoms with Gasteiger partial charge in [-0.15, -0.1) is 0 Å². The topological polar surface area (TPSA) is 38.3 Å². The van der Waals surface area contributed by atoms with Gasteiger partial charge in [0.2, 0.25) is 5.91 Å². The largest absolute Gasteiger partial charge is 0.492 e. The Kier molecular flexibility index (Phi) is 5.72. The molecule has 3 nitrogen and oxygen atoms in total. The maximum absolute atomic E-state index is 12.7. The summed E-state index contributed by atoms with van der Waals surface area (Å²) in [5, 5.41) is 2.72. The highest BCUT2D eigenvalue weighted by Gasteiger charge is 1.97. The number of carbonyl (C=O) groups is 1. The number of benzene rings is 2. The highest BCUT2D eigenvalue weighted by Crippen LogP contribution is 2.11. The fourth-order valence-electron chi connectivity index (χ4n) is 1.85. The molecule has 22 heavy (non-hydrogen) atoms. The molecule has 2 aromatic carbocycles. The van der Waals surface area contributed by atoms with Gasteiger partial charge in [0.15, 0.2) is 0 Å². The summed E-state index contributed by atoms with van der Waals surface area (Å²) in [5.41, 5.74) is 1.90. The van der Waals surface area contributed by atoms with E-state index in [-0.39, 0.29) is 11.7 Å². The summed E-state index contributed by atoms with van der Waals surface area (Å²) in [6, 6.07) is 13.7. The normalized spacial score (nSPS) is 10.6. The number of carbonyl (C=O) groups excluding carboxylic acids is 1. The number of aryl methyl sites for hydroxylation is 1. The molecule has 0 saturated carbocycles. The highest BCUT2D eigenvalue weighted by atomic mass is 19.1. The maximum Gasteiger partial charge on any atom is 0.244 e. The molecular weight excluding hydrogens is 281 g/mol. The van der Waals surface area contributed by atoms with Crippen molar-refractivity contribution in [1.82, 2.24) is 5.32 Å². The molecule has 2 rings (SSSR count). The van der Waals surface area contributed by atoms with E-state index in [1.165, 1.54) is 18.2 Å². The lowest BCUT2D eigenvalue weighted by atomic mass is 10.2. The maximum atomic E-state index is 12.7. The molecule has 0 aromatic heterocycles. The van der Waals surface area contributed by atoms with Crippen LogP contribution in [0.4, 0.5) is 4.39 Å². The van der Waals surface area contributed by atoms with Gasteiger partial charge in [0.25, 0.3) is 0 Å². The van der Waals surface area contributed by atoms with Crippen molar-refractivity contribution in [3.05, 3.63) is 71.6 Å². The van der Waals surface area contributed by atoms with Gasteiger partial charge in [-0.3, -0.25) is 4.79 Å². The lowest BCUT2D eigenvalue weighted by molar-refractivity contribution is -0.116. The zero-order valence-electron chi connectivity index (χ0n) is 12.4. The van der Waals surface area contributed by atoms with Crippen LogP contribution in [0.15, 0.2) is 54.6 Å². The minimum absolute atomic E-state index is 0.211. The quantitative estimate of drug-likeness (QED) is 0.656. The van der Waals surface area contributed by atoms with Crippen molar-refractivity contribution in [2.45, 2.75) is 6.92 Å². The third-order valence-electron chi connectivity index (χ3n) is 2.96. The zero-order valence-corrected chi connectivity index (χ0v) is 12.4. The summed E-state index contributed by atoms with van der Waals surface area (Å²) in [5.74, 6) is 0.281. The number of hydrogen-bond donors (Lipinski definition) is 1. The molecule has 2 aromatic rings. The fraction of sp³-hybridized carbons (Fsp3) is 0.167. The SMILES string of the molecule is Cc1cccc(OCCNC(=O)/C=C/c2ccc(F)cc2)c1. The van der Waals surface area contributed by atoms with Crippen LogP contribution in [0.5, 0.6) is 5.75 Å². The van der Waals surface area contributed by atoms with E-state index in [0.717, 1.165) is 16.9 Å². The molecule has 4 heteroatoms. The molecule has 0 aliphatic heterocycles. The second-order valence-electron chi connectivity index (χ2n) is 4.84. The average Bonchev–Trinajstić information content (AvgIpc) is 2.51. The smallest absolute Gasteiger partial charge is 0.244 e. The predicted octanol–water partition coefficient (Wildman–Crippen LogP) is 3.34. The molecule has 0 aliphatic carbocycles. The van der Waals surface area contributed by atoms with Crippen LogP contribution in [-0.4, -0.2) is 19.1 Å². The molecule has 0 heterocycles. The first-order valence-corrected chi connectivity index (χ1v) is 7.04. The second-order valence-corrected chi connectivity index (χ2v) is 4.84. The first-order valence-electron chi connectivity index (χ1n) is 7.04. The number of nitrogens with one attached hydrogen (secondary N) is 1. The van der Waals surface area contributed by atoms with Crippen LogP contribution >= 0.6 is 0 Å². The van der Waals surface area contributed by atoms with Crippen LogP contribution in [-0.2, 0) is 4.79 Å². The Hall–Kier alpha value is -2.62. The molecule has 0 unspecified atom stereocenters. The highest BCUT2D eigenvalue weighted by molar-refractivity contribution is 5.91. The Bertz CT molecular complexity index is 650. The van der Waals surface area contributed by atoms with Crippen LogP contribution < -0.4 is 10.1 Å². The van der Waals surface area contributed by atoms with E-state index >= 15 is 0 Å². The van der Waals surface area contributed by atoms with Gasteiger partial charge in [0.05, 0.1) is 6.54 Å². The average molecular weight is 299 g/mol. The van der Waals surface area contributed by atoms with Gasteiger partial charge >= 0.3 is 0 Å². The van der Waals surface area contributed by atoms with Crippen molar-refractivity contribution in [2.24, 2.45) is 0 Å². The van der Waals surface area contributed by atoms with Crippen molar-refractivity contribution >= 4 is 12.0 Å². The van der Waals surface area contributed by atoms with Gasteiger partial charge < -0.3 is 10.1 Å². The molecule has 1 N–H and O–H groups in total. The van der Waals surface area contributed by atoms with Gasteiger partial charge in [0.1, 0.15) is 18.2 Å². The molecule has 1 amide bonds. The van der Waals surface area contributed by atoms with Crippen LogP contribution in [0.2, 0.25) is 0 Å². The Balaban J connectivity index is 1.70. The van der Waals surface area contributed by atoms with Crippen molar-refractivity contribution in [3.63, 3.8) is 0 Å². The minimum atomic E-state index is -0.296. The van der Waals surface area contributed by atoms with E-state index in [0.29, 0.717) is 13.2 Å². The van der Waals surface area contributed by atoms with Crippen molar-refractivity contribution in [2.75, 3.05) is 13.2 Å². The van der Waals surface area contributed by atoms with Crippen LogP contribution in [0, 0.1) is 12.7 Å². The number of rotatable bonds is 6. The number of halogens is 1. The standard InChI is InChI=1S/C18H18FNO2/c1-14-3-2-4-17(13-14)22-12-11-20-18(21)10-7-15-5-8-16(19)9-6-15/h2-10,13H,11-12H2,1H3,(H,20,21)/b10-7+. The van der Waals surface area contributed by atoms with Crippen molar-refractivity contribution < 1.29 is 13.9 Å². The van der Waals surface area contributed by atoms with E-state index in [1.54, 1.807) is 18.2 Å². The third-order valence-corrected chi connectivity index (χ3v) is 2.96.